The van der Waals surface area contributed by atoms with Crippen LogP contribution in [0.15, 0.2) is 54.6 Å². The first-order chi connectivity index (χ1) is 10.6. The Morgan fingerprint density at radius 1 is 1.05 bits per heavy atom. The lowest BCUT2D eigenvalue weighted by Gasteiger charge is -2.13. The van der Waals surface area contributed by atoms with Crippen LogP contribution in [0.4, 0.5) is 0 Å². The van der Waals surface area contributed by atoms with Crippen LogP contribution in [-0.2, 0) is 16.1 Å². The molecule has 0 aliphatic rings. The van der Waals surface area contributed by atoms with Crippen molar-refractivity contribution >= 4 is 11.9 Å². The number of aryl methyl sites for hydroxylation is 1. The Balaban J connectivity index is 1.85. The summed E-state index contributed by atoms with van der Waals surface area (Å²) < 4.78 is 5.18. The van der Waals surface area contributed by atoms with Gasteiger partial charge in [0.05, 0.1) is 5.56 Å². The Kier molecular flexibility index (Phi) is 5.31. The molecule has 0 fully saturated rings. The molecule has 1 atom stereocenters. The number of nitrogens with one attached hydrogen (secondary N) is 1. The molecular weight excluding hydrogens is 278 g/mol. The molecule has 0 spiro atoms. The van der Waals surface area contributed by atoms with Crippen LogP contribution in [0, 0.1) is 6.92 Å². The maximum atomic E-state index is 11.9. The largest absolute Gasteiger partial charge is 0.449 e. The lowest BCUT2D eigenvalue weighted by Crippen LogP contribution is -2.35. The lowest BCUT2D eigenvalue weighted by molar-refractivity contribution is -0.129. The second-order valence-corrected chi connectivity index (χ2v) is 5.12. The smallest absolute Gasteiger partial charge is 0.338 e. The van der Waals surface area contributed by atoms with Crippen molar-refractivity contribution in [2.75, 3.05) is 0 Å². The van der Waals surface area contributed by atoms with Gasteiger partial charge in [-0.25, -0.2) is 4.79 Å². The van der Waals surface area contributed by atoms with Gasteiger partial charge in [-0.15, -0.1) is 0 Å². The molecule has 2 aromatic rings. The zero-order valence-corrected chi connectivity index (χ0v) is 12.7. The van der Waals surface area contributed by atoms with E-state index in [2.05, 4.69) is 5.32 Å². The van der Waals surface area contributed by atoms with E-state index in [0.717, 1.165) is 11.1 Å². The van der Waals surface area contributed by atoms with Crippen molar-refractivity contribution in [2.24, 2.45) is 0 Å². The molecule has 114 valence electrons. The summed E-state index contributed by atoms with van der Waals surface area (Å²) in [6.45, 7) is 3.91. The molecule has 1 amide bonds. The lowest BCUT2D eigenvalue weighted by atomic mass is 10.1. The van der Waals surface area contributed by atoms with Gasteiger partial charge >= 0.3 is 5.97 Å². The minimum atomic E-state index is -0.836. The van der Waals surface area contributed by atoms with Crippen LogP contribution < -0.4 is 5.32 Å². The highest BCUT2D eigenvalue weighted by atomic mass is 16.5. The Bertz CT molecular complexity index is 635. The molecular formula is C18H19NO3. The van der Waals surface area contributed by atoms with Crippen molar-refractivity contribution in [3.05, 3.63) is 71.3 Å². The van der Waals surface area contributed by atoms with E-state index in [-0.39, 0.29) is 5.91 Å². The number of rotatable bonds is 5. The van der Waals surface area contributed by atoms with Gasteiger partial charge in [0.1, 0.15) is 0 Å². The average molecular weight is 297 g/mol. The van der Waals surface area contributed by atoms with Crippen molar-refractivity contribution in [3.63, 3.8) is 0 Å². The summed E-state index contributed by atoms with van der Waals surface area (Å²) >= 11 is 0. The van der Waals surface area contributed by atoms with E-state index < -0.39 is 12.1 Å². The van der Waals surface area contributed by atoms with E-state index in [1.165, 1.54) is 0 Å². The predicted molar refractivity (Wildman–Crippen MR) is 84.3 cm³/mol. The van der Waals surface area contributed by atoms with Crippen molar-refractivity contribution < 1.29 is 14.3 Å². The fraction of sp³-hybridized carbons (Fsp3) is 0.222. The number of carbonyl (C=O) groups excluding carboxylic acids is 2. The zero-order valence-electron chi connectivity index (χ0n) is 12.7. The number of ether oxygens (including phenoxy) is 1. The second-order valence-electron chi connectivity index (χ2n) is 5.12. The molecule has 0 aliphatic heterocycles. The summed E-state index contributed by atoms with van der Waals surface area (Å²) in [5.41, 5.74) is 2.49. The van der Waals surface area contributed by atoms with Crippen molar-refractivity contribution in [1.29, 1.82) is 0 Å². The summed E-state index contributed by atoms with van der Waals surface area (Å²) in [4.78, 5) is 23.9. The Morgan fingerprint density at radius 2 is 1.68 bits per heavy atom. The van der Waals surface area contributed by atoms with Crippen molar-refractivity contribution in [1.82, 2.24) is 5.32 Å². The highest BCUT2D eigenvalue weighted by Gasteiger charge is 2.18. The second kappa shape index (κ2) is 7.41. The SMILES string of the molecule is Cc1ccc(C(=O)O[C@H](C)C(=O)NCc2ccccc2)cc1. The van der Waals surface area contributed by atoms with Gasteiger partial charge in [0, 0.05) is 6.54 Å². The van der Waals surface area contributed by atoms with E-state index in [4.69, 9.17) is 4.74 Å². The highest BCUT2D eigenvalue weighted by Crippen LogP contribution is 2.07. The van der Waals surface area contributed by atoms with Gasteiger partial charge in [0.25, 0.3) is 5.91 Å². The molecule has 0 bridgehead atoms. The van der Waals surface area contributed by atoms with Crippen molar-refractivity contribution in [2.45, 2.75) is 26.5 Å². The molecule has 2 aromatic carbocycles. The van der Waals surface area contributed by atoms with E-state index in [0.29, 0.717) is 12.1 Å². The van der Waals surface area contributed by atoms with Gasteiger partial charge in [-0.05, 0) is 31.5 Å². The topological polar surface area (TPSA) is 55.4 Å². The van der Waals surface area contributed by atoms with E-state index >= 15 is 0 Å². The molecule has 0 heterocycles. The van der Waals surface area contributed by atoms with Crippen LogP contribution in [0.1, 0.15) is 28.4 Å². The van der Waals surface area contributed by atoms with Gasteiger partial charge in [-0.2, -0.15) is 0 Å². The molecule has 2 rings (SSSR count). The van der Waals surface area contributed by atoms with Crippen molar-refractivity contribution in [3.8, 4) is 0 Å². The van der Waals surface area contributed by atoms with E-state index in [1.54, 1.807) is 19.1 Å². The monoisotopic (exact) mass is 297 g/mol. The Hall–Kier alpha value is -2.62. The molecule has 0 aromatic heterocycles. The minimum absolute atomic E-state index is 0.315. The standard InChI is InChI=1S/C18H19NO3/c1-13-8-10-16(11-9-13)18(21)22-14(2)17(20)19-12-15-6-4-3-5-7-15/h3-11,14H,12H2,1-2H3,(H,19,20)/t14-/m1/s1. The highest BCUT2D eigenvalue weighted by molar-refractivity contribution is 5.92. The summed E-state index contributed by atoms with van der Waals surface area (Å²) in [5, 5.41) is 2.75. The van der Waals surface area contributed by atoms with Crippen LogP contribution in [-0.4, -0.2) is 18.0 Å². The molecule has 0 aliphatic carbocycles. The zero-order chi connectivity index (χ0) is 15.9. The molecule has 22 heavy (non-hydrogen) atoms. The first-order valence-electron chi connectivity index (χ1n) is 7.15. The van der Waals surface area contributed by atoms with Crippen LogP contribution in [0.2, 0.25) is 0 Å². The van der Waals surface area contributed by atoms with E-state index in [1.807, 2.05) is 49.4 Å². The minimum Gasteiger partial charge on any atom is -0.449 e. The van der Waals surface area contributed by atoms with Gasteiger partial charge in [-0.3, -0.25) is 4.79 Å². The maximum absolute atomic E-state index is 11.9. The van der Waals surface area contributed by atoms with Gasteiger partial charge in [0.15, 0.2) is 6.10 Å². The van der Waals surface area contributed by atoms with Gasteiger partial charge in [-0.1, -0.05) is 48.0 Å². The van der Waals surface area contributed by atoms with Crippen LogP contribution in [0.5, 0.6) is 0 Å². The van der Waals surface area contributed by atoms with Crippen LogP contribution in [0.25, 0.3) is 0 Å². The summed E-state index contributed by atoms with van der Waals surface area (Å²) in [7, 11) is 0. The number of esters is 1. The number of carbonyl (C=O) groups is 2. The van der Waals surface area contributed by atoms with Gasteiger partial charge in [0.2, 0.25) is 0 Å². The first kappa shape index (κ1) is 15.8. The number of benzene rings is 2. The summed E-state index contributed by atoms with van der Waals surface area (Å²) in [6.07, 6.45) is -0.836. The third-order valence-corrected chi connectivity index (χ3v) is 3.25. The molecule has 0 unspecified atom stereocenters. The fourth-order valence-corrected chi connectivity index (χ4v) is 1.90. The predicted octanol–water partition coefficient (Wildman–Crippen LogP) is 2.86. The Labute approximate surface area is 130 Å². The Morgan fingerprint density at radius 3 is 2.32 bits per heavy atom. The molecule has 1 N–H and O–H groups in total. The van der Waals surface area contributed by atoms with E-state index in [9.17, 15) is 9.59 Å². The normalized spacial score (nSPS) is 11.5. The van der Waals surface area contributed by atoms with Crippen LogP contribution >= 0.6 is 0 Å². The first-order valence-corrected chi connectivity index (χ1v) is 7.15. The third kappa shape index (κ3) is 4.45. The number of amides is 1. The summed E-state index contributed by atoms with van der Waals surface area (Å²) in [6, 6.07) is 16.6. The maximum Gasteiger partial charge on any atom is 0.338 e. The molecule has 4 nitrogen and oxygen atoms in total. The average Bonchev–Trinajstić information content (AvgIpc) is 2.54. The number of hydrogen-bond acceptors (Lipinski definition) is 3. The fourth-order valence-electron chi connectivity index (χ4n) is 1.90. The molecule has 0 radical (unpaired) electrons. The molecule has 0 saturated heterocycles. The number of hydrogen-bond donors (Lipinski definition) is 1. The van der Waals surface area contributed by atoms with Gasteiger partial charge < -0.3 is 10.1 Å². The van der Waals surface area contributed by atoms with Crippen LogP contribution in [0.3, 0.4) is 0 Å². The quantitative estimate of drug-likeness (QED) is 0.863. The molecule has 4 heteroatoms. The molecule has 0 saturated carbocycles. The summed E-state index contributed by atoms with van der Waals surface area (Å²) in [5.74, 6) is -0.813. The third-order valence-electron chi connectivity index (χ3n) is 3.25.